The molecule has 1 aliphatic rings. The molecule has 1 aromatic rings. The van der Waals surface area contributed by atoms with Gasteiger partial charge in [-0.05, 0) is 36.0 Å². The number of rotatable bonds is 3. The molecule has 0 bridgehead atoms. The van der Waals surface area contributed by atoms with E-state index in [1.807, 2.05) is 0 Å². The fourth-order valence-electron chi connectivity index (χ4n) is 2.35. The van der Waals surface area contributed by atoms with E-state index in [9.17, 15) is 18.0 Å². The first-order valence-electron chi connectivity index (χ1n) is 5.94. The lowest BCUT2D eigenvalue weighted by Crippen LogP contribution is -2.61. The van der Waals surface area contributed by atoms with Crippen LogP contribution >= 0.6 is 0 Å². The van der Waals surface area contributed by atoms with E-state index in [4.69, 9.17) is 10.8 Å². The lowest BCUT2D eigenvalue weighted by Gasteiger charge is -2.27. The summed E-state index contributed by atoms with van der Waals surface area (Å²) in [6.07, 6.45) is -3.02. The van der Waals surface area contributed by atoms with E-state index in [0.717, 1.165) is 30.4 Å². The van der Waals surface area contributed by atoms with Crippen molar-refractivity contribution >= 4 is 5.97 Å². The van der Waals surface area contributed by atoms with Crippen LogP contribution in [0, 0.1) is 0 Å². The molecule has 0 aliphatic heterocycles. The largest absolute Gasteiger partial charge is 0.480 e. The number of carboxylic acids is 1. The number of hydrogen-bond donors (Lipinski definition) is 2. The van der Waals surface area contributed by atoms with Crippen molar-refractivity contribution in [1.29, 1.82) is 0 Å². The van der Waals surface area contributed by atoms with Crippen molar-refractivity contribution in [3.05, 3.63) is 34.9 Å². The second kappa shape index (κ2) is 4.52. The van der Waals surface area contributed by atoms with Crippen LogP contribution in [0.15, 0.2) is 18.2 Å². The minimum Gasteiger partial charge on any atom is -0.480 e. The van der Waals surface area contributed by atoms with Crippen LogP contribution in [0.3, 0.4) is 0 Å². The predicted octanol–water partition coefficient (Wildman–Crippen LogP) is 2.06. The summed E-state index contributed by atoms with van der Waals surface area (Å²) in [5, 5.41) is 8.78. The monoisotopic (exact) mass is 273 g/mol. The van der Waals surface area contributed by atoms with E-state index in [-0.39, 0.29) is 0 Å². The number of hydrogen-bond acceptors (Lipinski definition) is 2. The highest BCUT2D eigenvalue weighted by atomic mass is 19.4. The number of aryl methyl sites for hydroxylation is 2. The van der Waals surface area contributed by atoms with Crippen molar-refractivity contribution in [2.45, 2.75) is 37.4 Å². The van der Waals surface area contributed by atoms with Crippen molar-refractivity contribution in [3.63, 3.8) is 0 Å². The Balaban J connectivity index is 2.30. The van der Waals surface area contributed by atoms with Crippen LogP contribution in [0.2, 0.25) is 0 Å². The number of fused-ring (bicyclic) bond motifs is 1. The molecule has 3 nitrogen and oxygen atoms in total. The molecule has 0 aromatic heterocycles. The Morgan fingerprint density at radius 1 is 1.26 bits per heavy atom. The summed E-state index contributed by atoms with van der Waals surface area (Å²) in [6, 6.07) is 4.93. The molecular formula is C13H14F3NO2. The van der Waals surface area contributed by atoms with Gasteiger partial charge in [0.25, 0.3) is 0 Å². The van der Waals surface area contributed by atoms with E-state index < -0.39 is 24.1 Å². The zero-order chi connectivity index (χ0) is 14.3. The second-order valence-corrected chi connectivity index (χ2v) is 4.91. The topological polar surface area (TPSA) is 63.3 Å². The second-order valence-electron chi connectivity index (χ2n) is 4.91. The van der Waals surface area contributed by atoms with Gasteiger partial charge in [-0.15, -0.1) is 0 Å². The standard InChI is InChI=1S/C13H14F3NO2/c14-13(15,16)12(17,11(18)19)7-8-4-5-9-2-1-3-10(9)6-8/h4-6H,1-3,7,17H2,(H,18,19). The molecule has 1 atom stereocenters. The molecule has 6 heteroatoms. The minimum atomic E-state index is -4.99. The molecule has 3 N–H and O–H groups in total. The van der Waals surface area contributed by atoms with Crippen LogP contribution in [0.4, 0.5) is 13.2 Å². The van der Waals surface area contributed by atoms with Gasteiger partial charge in [0.05, 0.1) is 0 Å². The normalized spacial score (nSPS) is 17.9. The molecule has 19 heavy (non-hydrogen) atoms. The Morgan fingerprint density at radius 2 is 1.89 bits per heavy atom. The molecule has 0 saturated heterocycles. The third kappa shape index (κ3) is 2.45. The molecule has 1 unspecified atom stereocenters. The molecule has 0 heterocycles. The Bertz CT molecular complexity index is 513. The number of aliphatic carboxylic acids is 1. The molecule has 0 spiro atoms. The molecule has 2 rings (SSSR count). The van der Waals surface area contributed by atoms with E-state index in [1.165, 1.54) is 6.07 Å². The summed E-state index contributed by atoms with van der Waals surface area (Å²) in [5.74, 6) is -2.06. The number of carbonyl (C=O) groups is 1. The van der Waals surface area contributed by atoms with E-state index in [0.29, 0.717) is 5.56 Å². The summed E-state index contributed by atoms with van der Waals surface area (Å²) in [5.41, 5.74) is 4.25. The average Bonchev–Trinajstić information content (AvgIpc) is 2.74. The molecule has 0 amide bonds. The Hall–Kier alpha value is -1.56. The number of alkyl halides is 3. The van der Waals surface area contributed by atoms with Gasteiger partial charge in [0.15, 0.2) is 0 Å². The SMILES string of the molecule is NC(Cc1ccc2c(c1)CCC2)(C(=O)O)C(F)(F)F. The lowest BCUT2D eigenvalue weighted by atomic mass is 9.90. The fourth-order valence-corrected chi connectivity index (χ4v) is 2.35. The summed E-state index contributed by atoms with van der Waals surface area (Å²) in [7, 11) is 0. The summed E-state index contributed by atoms with van der Waals surface area (Å²) in [4.78, 5) is 10.9. The van der Waals surface area contributed by atoms with Gasteiger partial charge in [-0.1, -0.05) is 18.2 Å². The molecule has 1 aliphatic carbocycles. The molecule has 104 valence electrons. The van der Waals surface area contributed by atoms with Gasteiger partial charge in [-0.3, -0.25) is 0 Å². The van der Waals surface area contributed by atoms with Gasteiger partial charge in [0.1, 0.15) is 0 Å². The highest BCUT2D eigenvalue weighted by Crippen LogP contribution is 2.33. The highest BCUT2D eigenvalue weighted by Gasteiger charge is 2.58. The lowest BCUT2D eigenvalue weighted by molar-refractivity contribution is -0.201. The quantitative estimate of drug-likeness (QED) is 0.886. The van der Waals surface area contributed by atoms with E-state index in [2.05, 4.69) is 0 Å². The number of halogens is 3. The zero-order valence-electron chi connectivity index (χ0n) is 10.1. The maximum atomic E-state index is 12.8. The van der Waals surface area contributed by atoms with Crippen LogP contribution < -0.4 is 5.73 Å². The predicted molar refractivity (Wildman–Crippen MR) is 62.8 cm³/mol. The van der Waals surface area contributed by atoms with Crippen LogP contribution in [0.5, 0.6) is 0 Å². The van der Waals surface area contributed by atoms with Gasteiger partial charge in [-0.25, -0.2) is 4.79 Å². The van der Waals surface area contributed by atoms with Crippen LogP contribution in [-0.4, -0.2) is 22.8 Å². The van der Waals surface area contributed by atoms with Gasteiger partial charge < -0.3 is 10.8 Å². The Morgan fingerprint density at radius 3 is 2.47 bits per heavy atom. The first-order valence-corrected chi connectivity index (χ1v) is 5.94. The molecular weight excluding hydrogens is 259 g/mol. The van der Waals surface area contributed by atoms with Crippen LogP contribution in [-0.2, 0) is 24.1 Å². The van der Waals surface area contributed by atoms with Crippen molar-refractivity contribution < 1.29 is 23.1 Å². The first-order chi connectivity index (χ1) is 8.74. The molecule has 0 radical (unpaired) electrons. The van der Waals surface area contributed by atoms with E-state index in [1.54, 1.807) is 12.1 Å². The maximum absolute atomic E-state index is 12.8. The van der Waals surface area contributed by atoms with E-state index >= 15 is 0 Å². The van der Waals surface area contributed by atoms with Crippen molar-refractivity contribution in [2.75, 3.05) is 0 Å². The summed E-state index contributed by atoms with van der Waals surface area (Å²) >= 11 is 0. The van der Waals surface area contributed by atoms with Gasteiger partial charge in [0, 0.05) is 6.42 Å². The van der Waals surface area contributed by atoms with Crippen molar-refractivity contribution in [3.8, 4) is 0 Å². The molecule has 0 saturated carbocycles. The smallest absolute Gasteiger partial charge is 0.417 e. The molecule has 1 aromatic carbocycles. The average molecular weight is 273 g/mol. The number of benzene rings is 1. The third-order valence-electron chi connectivity index (χ3n) is 3.53. The highest BCUT2D eigenvalue weighted by molar-refractivity contribution is 5.80. The van der Waals surface area contributed by atoms with Crippen LogP contribution in [0.1, 0.15) is 23.1 Å². The Labute approximate surface area is 108 Å². The van der Waals surface area contributed by atoms with Gasteiger partial charge >= 0.3 is 12.1 Å². The molecule has 0 fully saturated rings. The minimum absolute atomic E-state index is 0.308. The summed E-state index contributed by atoms with van der Waals surface area (Å²) < 4.78 is 38.4. The van der Waals surface area contributed by atoms with Crippen LogP contribution in [0.25, 0.3) is 0 Å². The number of carboxylic acid groups (broad SMARTS) is 1. The first kappa shape index (κ1) is 13.9. The van der Waals surface area contributed by atoms with Gasteiger partial charge in [-0.2, -0.15) is 13.2 Å². The zero-order valence-corrected chi connectivity index (χ0v) is 10.1. The number of nitrogens with two attached hydrogens (primary N) is 1. The van der Waals surface area contributed by atoms with Gasteiger partial charge in [0.2, 0.25) is 5.54 Å². The van der Waals surface area contributed by atoms with Crippen molar-refractivity contribution in [1.82, 2.24) is 0 Å². The third-order valence-corrected chi connectivity index (χ3v) is 3.53. The summed E-state index contributed by atoms with van der Waals surface area (Å²) in [6.45, 7) is 0. The maximum Gasteiger partial charge on any atom is 0.417 e. The fraction of sp³-hybridized carbons (Fsp3) is 0.462. The Kier molecular flexibility index (Phi) is 3.30. The van der Waals surface area contributed by atoms with Crippen molar-refractivity contribution in [2.24, 2.45) is 5.73 Å².